The first-order valence-corrected chi connectivity index (χ1v) is 30.7. The van der Waals surface area contributed by atoms with E-state index in [0.717, 1.165) is 9.80 Å². The molecule has 0 aromatic carbocycles. The molecule has 6 fully saturated rings. The highest BCUT2D eigenvalue weighted by Crippen LogP contribution is 2.34. The van der Waals surface area contributed by atoms with E-state index in [4.69, 9.17) is 68.3 Å². The van der Waals surface area contributed by atoms with Crippen LogP contribution in [0, 0.1) is 0 Å². The summed E-state index contributed by atoms with van der Waals surface area (Å²) >= 11 is 0. The Labute approximate surface area is 559 Å². The van der Waals surface area contributed by atoms with Crippen molar-refractivity contribution in [3.05, 3.63) is 0 Å². The zero-order valence-electron chi connectivity index (χ0n) is 52.5. The standard InChI is InChI=1S/C52H91N9O38/c53-23(66)5-60(7-25(68)55-1-3-88-49-43(86)45(98-51-41(84)37(80)31(74)19(13-64)94-51)33(76)21(96-49)15-90-47-39(82)35(78)29(72)17(11-62)92-47)9-27(70)58-59-28(71)10-61(6-24(54)67)8-26(69)57-56-2-4-89-50-44(87)46(99-52-42(85)38(81)32(75)20(14-65)95-52)34(77)22(97-50)16-91-48-40(83)36(79)30(73)18(12-63)93-48/h17-22,29-52,56,62-65,72-87H,1-16H2,(H2,53,66)(H2,54,67)(H,55,68)(H,57,69)(H,58,70)(H,59,71)/t17-,18-,19-,20-,21-,22-,29-,30-,31-,32-,33-,34-,35+,36+,37+,38+,39+,40+,41+,42+,43+,44+,45+,46+,47+,48+,49+,50+,51-,52-/m1/s1. The molecular weight excluding hydrogens is 1360 g/mol. The molecule has 6 saturated heterocycles. The highest BCUT2D eigenvalue weighted by molar-refractivity contribution is 5.87. The number of nitrogens with one attached hydrogen (secondary N) is 5. The number of carbonyl (C=O) groups is 6. The van der Waals surface area contributed by atoms with Crippen LogP contribution in [0.25, 0.3) is 0 Å². The summed E-state index contributed by atoms with van der Waals surface area (Å²) in [6.07, 6.45) is -54.4. The van der Waals surface area contributed by atoms with Gasteiger partial charge in [0, 0.05) is 13.1 Å². The Morgan fingerprint density at radius 3 is 0.960 bits per heavy atom. The quantitative estimate of drug-likeness (QED) is 0.0207. The van der Waals surface area contributed by atoms with E-state index in [1.54, 1.807) is 0 Å². The molecule has 29 N–H and O–H groups in total. The largest absolute Gasteiger partial charge is 0.394 e. The molecule has 47 heteroatoms. The highest BCUT2D eigenvalue weighted by Gasteiger charge is 2.55. The third-order valence-corrected chi connectivity index (χ3v) is 16.1. The van der Waals surface area contributed by atoms with Crippen molar-refractivity contribution < 1.29 is 188 Å². The molecule has 0 saturated carbocycles. The fraction of sp³-hybridized carbons (Fsp3) is 0.885. The summed E-state index contributed by atoms with van der Waals surface area (Å²) in [7, 11) is 0. The van der Waals surface area contributed by atoms with Gasteiger partial charge < -0.3 is 176 Å². The Kier molecular flexibility index (Phi) is 33.1. The number of aliphatic hydroxyl groups is 20. The first kappa shape index (κ1) is 83.4. The lowest BCUT2D eigenvalue weighted by Crippen LogP contribution is -2.65. The summed E-state index contributed by atoms with van der Waals surface area (Å²) in [5.74, 6) is -5.91. The van der Waals surface area contributed by atoms with E-state index in [2.05, 4.69) is 16.2 Å². The molecule has 0 aliphatic carbocycles. The Morgan fingerprint density at radius 1 is 0.323 bits per heavy atom. The van der Waals surface area contributed by atoms with Crippen LogP contribution in [-0.4, -0.2) is 437 Å². The van der Waals surface area contributed by atoms with Crippen molar-refractivity contribution in [1.82, 2.24) is 36.8 Å². The number of amides is 6. The molecule has 0 aromatic heterocycles. The van der Waals surface area contributed by atoms with E-state index < -0.39 is 318 Å². The van der Waals surface area contributed by atoms with E-state index in [1.165, 1.54) is 0 Å². The number of hydrogen-bond donors (Lipinski definition) is 27. The second-order valence-electron chi connectivity index (χ2n) is 23.6. The van der Waals surface area contributed by atoms with Gasteiger partial charge in [-0.2, -0.15) is 0 Å². The monoisotopic (exact) mass is 1450 g/mol. The number of nitrogens with two attached hydrogens (primary N) is 2. The molecule has 6 aliphatic rings. The Hall–Kier alpha value is -4.58. The number of carbonyl (C=O) groups excluding carboxylic acids is 6. The van der Waals surface area contributed by atoms with Gasteiger partial charge >= 0.3 is 0 Å². The number of ether oxygens (including phenoxy) is 12. The minimum absolute atomic E-state index is 0.317. The lowest BCUT2D eigenvalue weighted by Gasteiger charge is -2.46. The van der Waals surface area contributed by atoms with Gasteiger partial charge in [-0.25, -0.2) is 5.43 Å². The molecule has 0 bridgehead atoms. The van der Waals surface area contributed by atoms with Crippen LogP contribution < -0.4 is 38.5 Å². The van der Waals surface area contributed by atoms with Gasteiger partial charge in [-0.15, -0.1) is 0 Å². The average molecular weight is 1450 g/mol. The van der Waals surface area contributed by atoms with Gasteiger partial charge in [0.1, 0.15) is 146 Å². The molecule has 99 heavy (non-hydrogen) atoms. The van der Waals surface area contributed by atoms with Crippen molar-refractivity contribution in [1.29, 1.82) is 0 Å². The number of nitrogens with zero attached hydrogens (tertiary/aromatic N) is 2. The predicted octanol–water partition coefficient (Wildman–Crippen LogP) is -20.6. The van der Waals surface area contributed by atoms with Gasteiger partial charge in [-0.3, -0.25) is 54.8 Å². The minimum Gasteiger partial charge on any atom is -0.394 e. The number of primary amides is 2. The highest BCUT2D eigenvalue weighted by atomic mass is 16.8. The molecule has 47 nitrogen and oxygen atoms in total. The van der Waals surface area contributed by atoms with Gasteiger partial charge in [-0.05, 0) is 0 Å². The molecule has 6 aliphatic heterocycles. The van der Waals surface area contributed by atoms with E-state index in [1.807, 2.05) is 10.9 Å². The zero-order valence-corrected chi connectivity index (χ0v) is 52.5. The summed E-state index contributed by atoms with van der Waals surface area (Å²) < 4.78 is 66.4. The van der Waals surface area contributed by atoms with Crippen molar-refractivity contribution in [2.24, 2.45) is 11.5 Å². The summed E-state index contributed by atoms with van der Waals surface area (Å²) in [6, 6.07) is 0. The molecule has 6 amide bonds. The molecule has 0 aromatic rings. The molecular formula is C52H91N9O38. The lowest BCUT2D eigenvalue weighted by atomic mass is 9.96. The zero-order chi connectivity index (χ0) is 73.3. The van der Waals surface area contributed by atoms with Gasteiger partial charge in [0.2, 0.25) is 23.6 Å². The molecule has 6 rings (SSSR count). The maximum absolute atomic E-state index is 13.1. The molecule has 6 heterocycles. The Bertz CT molecular complexity index is 2530. The predicted molar refractivity (Wildman–Crippen MR) is 307 cm³/mol. The van der Waals surface area contributed by atoms with Crippen LogP contribution in [0.5, 0.6) is 0 Å². The van der Waals surface area contributed by atoms with Gasteiger partial charge in [-0.1, -0.05) is 0 Å². The van der Waals surface area contributed by atoms with Crippen molar-refractivity contribution in [3.8, 4) is 0 Å². The molecule has 30 atom stereocenters. The molecule has 0 radical (unpaired) electrons. The fourth-order valence-corrected chi connectivity index (χ4v) is 10.8. The van der Waals surface area contributed by atoms with E-state index in [9.17, 15) is 131 Å². The SMILES string of the molecule is NC(=O)CN(CC(=O)NCCO[C@H]1O[C@H](CO[C@H]2O[C@H](CO)[C@@H](O)[C@H](O)[C@@H]2O)[C@@H](O)[C@H](O[C@H]2O[C@H](CO)[C@@H](O)[C@H](O)[C@@H]2O)[C@@H]1O)CC(=O)NNC(=O)CN(CC(N)=O)CC(=O)NNCCO[C@H]1O[C@H](CO[C@H]2O[C@H](CO)[C@@H](O)[C@H](O)[C@@H]2O)[C@@H](O)[C@H](O[C@H]2O[C@H](CO)[C@@H](O)[C@H](O)[C@@H]2O)[C@@H]1O. The number of hydrazine groups is 2. The van der Waals surface area contributed by atoms with Gasteiger partial charge in [0.05, 0.1) is 92.1 Å². The number of rotatable bonds is 35. The number of aliphatic hydroxyl groups excluding tert-OH is 20. The second kappa shape index (κ2) is 39.3. The van der Waals surface area contributed by atoms with Crippen LogP contribution in [0.2, 0.25) is 0 Å². The number of hydrogen-bond acceptors (Lipinski definition) is 41. The molecule has 572 valence electrons. The minimum atomic E-state index is -2.03. The average Bonchev–Trinajstić information content (AvgIpc) is 0.792. The third kappa shape index (κ3) is 22.7. The van der Waals surface area contributed by atoms with E-state index >= 15 is 0 Å². The second-order valence-corrected chi connectivity index (χ2v) is 23.6. The van der Waals surface area contributed by atoms with Crippen LogP contribution in [0.15, 0.2) is 0 Å². The Morgan fingerprint density at radius 2 is 0.616 bits per heavy atom. The van der Waals surface area contributed by atoms with Crippen LogP contribution in [0.3, 0.4) is 0 Å². The van der Waals surface area contributed by atoms with Gasteiger partial charge in [0.25, 0.3) is 11.8 Å². The van der Waals surface area contributed by atoms with Crippen molar-refractivity contribution in [3.63, 3.8) is 0 Å². The topological polar surface area (TPSA) is 736 Å². The molecule has 0 spiro atoms. The van der Waals surface area contributed by atoms with Crippen molar-refractivity contribution in [2.75, 3.05) is 105 Å². The molecule has 0 unspecified atom stereocenters. The fourth-order valence-electron chi connectivity index (χ4n) is 10.8. The maximum Gasteiger partial charge on any atom is 0.252 e. The normalized spacial score (nSPS) is 39.7. The van der Waals surface area contributed by atoms with Crippen LogP contribution in [0.1, 0.15) is 0 Å². The van der Waals surface area contributed by atoms with Crippen molar-refractivity contribution in [2.45, 2.75) is 184 Å². The van der Waals surface area contributed by atoms with E-state index in [-0.39, 0.29) is 6.54 Å². The summed E-state index contributed by atoms with van der Waals surface area (Å²) in [4.78, 5) is 77.8. The van der Waals surface area contributed by atoms with E-state index in [0.29, 0.717) is 0 Å². The summed E-state index contributed by atoms with van der Waals surface area (Å²) in [5.41, 5.74) is 19.4. The lowest BCUT2D eigenvalue weighted by molar-refractivity contribution is -0.366. The first-order chi connectivity index (χ1) is 46.8. The first-order valence-electron chi connectivity index (χ1n) is 30.7. The maximum atomic E-state index is 13.1. The van der Waals surface area contributed by atoms with Crippen LogP contribution >= 0.6 is 0 Å². The van der Waals surface area contributed by atoms with Crippen LogP contribution in [-0.2, 0) is 85.6 Å². The van der Waals surface area contributed by atoms with Crippen LogP contribution in [0.4, 0.5) is 0 Å². The third-order valence-electron chi connectivity index (χ3n) is 16.1. The summed E-state index contributed by atoms with van der Waals surface area (Å²) in [5, 5.41) is 210. The van der Waals surface area contributed by atoms with Crippen molar-refractivity contribution >= 4 is 35.4 Å². The smallest absolute Gasteiger partial charge is 0.252 e. The summed E-state index contributed by atoms with van der Waals surface area (Å²) in [6.45, 7) is -11.1. The van der Waals surface area contributed by atoms with Gasteiger partial charge in [0.15, 0.2) is 37.7 Å². The Balaban J connectivity index is 0.960.